The van der Waals surface area contributed by atoms with Gasteiger partial charge < -0.3 is 10.1 Å². The van der Waals surface area contributed by atoms with Gasteiger partial charge >= 0.3 is 0 Å². The molecule has 0 radical (unpaired) electrons. The molecule has 15 heavy (non-hydrogen) atoms. The van der Waals surface area contributed by atoms with E-state index in [1.165, 1.54) is 18.4 Å². The van der Waals surface area contributed by atoms with Crippen LogP contribution in [0.25, 0.3) is 0 Å². The first-order valence-corrected chi connectivity index (χ1v) is 6.20. The van der Waals surface area contributed by atoms with Gasteiger partial charge in [0.25, 0.3) is 0 Å². The van der Waals surface area contributed by atoms with Crippen LogP contribution in [-0.2, 0) is 11.3 Å². The van der Waals surface area contributed by atoms with E-state index >= 15 is 0 Å². The lowest BCUT2D eigenvalue weighted by atomic mass is 10.2. The van der Waals surface area contributed by atoms with Crippen molar-refractivity contribution in [1.82, 2.24) is 5.32 Å². The highest BCUT2D eigenvalue weighted by atomic mass is 79.9. The molecule has 1 heterocycles. The Balaban J connectivity index is 1.75. The molecule has 1 aliphatic heterocycles. The molecule has 0 saturated carbocycles. The highest BCUT2D eigenvalue weighted by Crippen LogP contribution is 2.17. The highest BCUT2D eigenvalue weighted by molar-refractivity contribution is 9.10. The van der Waals surface area contributed by atoms with E-state index in [1.807, 2.05) is 18.2 Å². The third kappa shape index (κ3) is 3.30. The molecule has 1 atom stereocenters. The van der Waals surface area contributed by atoms with Crippen molar-refractivity contribution in [2.45, 2.75) is 25.5 Å². The third-order valence-electron chi connectivity index (χ3n) is 2.70. The first-order chi connectivity index (χ1) is 7.36. The van der Waals surface area contributed by atoms with Gasteiger partial charge in [-0.1, -0.05) is 34.1 Å². The molecule has 0 aliphatic carbocycles. The maximum Gasteiger partial charge on any atom is 0.0728 e. The van der Waals surface area contributed by atoms with E-state index in [2.05, 4.69) is 27.3 Å². The largest absolute Gasteiger partial charge is 0.375 e. The van der Waals surface area contributed by atoms with Gasteiger partial charge in [-0.25, -0.2) is 0 Å². The lowest BCUT2D eigenvalue weighted by Crippen LogP contribution is -2.26. The van der Waals surface area contributed by atoms with Gasteiger partial charge in [-0.2, -0.15) is 0 Å². The summed E-state index contributed by atoms with van der Waals surface area (Å²) in [6.07, 6.45) is 2.53. The summed E-state index contributed by atoms with van der Waals surface area (Å²) in [5.41, 5.74) is 1.22. The Kier molecular flexibility index (Phi) is 4.18. The van der Waals surface area contributed by atoms with E-state index in [0.717, 1.165) is 17.6 Å². The predicted molar refractivity (Wildman–Crippen MR) is 64.8 cm³/mol. The van der Waals surface area contributed by atoms with Crippen LogP contribution in [-0.4, -0.2) is 19.2 Å². The monoisotopic (exact) mass is 269 g/mol. The van der Waals surface area contributed by atoms with Crippen LogP contribution < -0.4 is 5.32 Å². The number of rotatable bonds is 4. The summed E-state index contributed by atoms with van der Waals surface area (Å²) >= 11 is 3.51. The molecule has 0 spiro atoms. The molecule has 82 valence electrons. The maximum absolute atomic E-state index is 5.69. The zero-order chi connectivity index (χ0) is 10.5. The normalized spacial score (nSPS) is 20.7. The molecule has 1 fully saturated rings. The van der Waals surface area contributed by atoms with E-state index in [9.17, 15) is 0 Å². The van der Waals surface area contributed by atoms with Crippen molar-refractivity contribution in [3.63, 3.8) is 0 Å². The van der Waals surface area contributed by atoms with Crippen LogP contribution in [0.5, 0.6) is 0 Å². The molecule has 3 heteroatoms. The number of nitrogens with one attached hydrogen (secondary N) is 1. The van der Waals surface area contributed by atoms with Gasteiger partial charge in [0.15, 0.2) is 0 Å². The predicted octanol–water partition coefficient (Wildman–Crippen LogP) is 2.72. The molecule has 0 bridgehead atoms. The molecule has 1 N–H and O–H groups in total. The molecule has 1 aromatic carbocycles. The molecular weight excluding hydrogens is 254 g/mol. The zero-order valence-electron chi connectivity index (χ0n) is 8.71. The van der Waals surface area contributed by atoms with Gasteiger partial charge in [-0.05, 0) is 31.0 Å². The summed E-state index contributed by atoms with van der Waals surface area (Å²) in [5.74, 6) is 0. The summed E-state index contributed by atoms with van der Waals surface area (Å²) in [7, 11) is 0. The Morgan fingerprint density at radius 3 is 3.00 bits per heavy atom. The first-order valence-electron chi connectivity index (χ1n) is 5.41. The van der Waals surface area contributed by atoms with Gasteiger partial charge in [0.1, 0.15) is 0 Å². The highest BCUT2D eigenvalue weighted by Gasteiger charge is 2.13. The van der Waals surface area contributed by atoms with E-state index < -0.39 is 0 Å². The molecular formula is C12H16BrNO. The van der Waals surface area contributed by atoms with Gasteiger partial charge in [0, 0.05) is 10.5 Å². The van der Waals surface area contributed by atoms with Gasteiger partial charge in [-0.3, -0.25) is 0 Å². The lowest BCUT2D eigenvalue weighted by Gasteiger charge is -2.11. The minimum atomic E-state index is 0.562. The van der Waals surface area contributed by atoms with E-state index in [4.69, 9.17) is 4.74 Å². The Bertz CT molecular complexity index is 310. The van der Waals surface area contributed by atoms with Crippen LogP contribution in [0.15, 0.2) is 28.7 Å². The maximum atomic E-state index is 5.69. The first kappa shape index (κ1) is 11.1. The van der Waals surface area contributed by atoms with Crippen molar-refractivity contribution >= 4 is 15.9 Å². The minimum Gasteiger partial charge on any atom is -0.375 e. The fraction of sp³-hybridized carbons (Fsp3) is 0.500. The summed E-state index contributed by atoms with van der Waals surface area (Å²) in [6.45, 7) is 2.66. The van der Waals surface area contributed by atoms with E-state index in [1.54, 1.807) is 0 Å². The quantitative estimate of drug-likeness (QED) is 0.908. The van der Waals surface area contributed by atoms with Crippen LogP contribution in [0.3, 0.4) is 0 Å². The molecule has 1 saturated heterocycles. The van der Waals surface area contributed by atoms with E-state index in [0.29, 0.717) is 12.6 Å². The van der Waals surface area contributed by atoms with Gasteiger partial charge in [0.2, 0.25) is 0 Å². The van der Waals surface area contributed by atoms with Crippen LogP contribution in [0.2, 0.25) is 0 Å². The van der Waals surface area contributed by atoms with Gasteiger partial charge in [-0.15, -0.1) is 0 Å². The third-order valence-corrected chi connectivity index (χ3v) is 3.47. The zero-order valence-corrected chi connectivity index (χ0v) is 10.3. The summed E-state index contributed by atoms with van der Waals surface area (Å²) in [5, 5.41) is 3.42. The second kappa shape index (κ2) is 5.64. The molecule has 2 rings (SSSR count). The standard InChI is InChI=1S/C12H16BrNO/c13-12-6-2-1-4-10(12)8-15-9-11-5-3-7-14-11/h1-2,4,6,11,14H,3,5,7-9H2/t11-/m1/s1. The topological polar surface area (TPSA) is 21.3 Å². The fourth-order valence-electron chi connectivity index (χ4n) is 1.83. The van der Waals surface area contributed by atoms with Crippen molar-refractivity contribution in [3.8, 4) is 0 Å². The Hall–Kier alpha value is -0.380. The van der Waals surface area contributed by atoms with Crippen LogP contribution in [0.1, 0.15) is 18.4 Å². The van der Waals surface area contributed by atoms with Crippen LogP contribution >= 0.6 is 15.9 Å². The molecule has 0 amide bonds. The molecule has 1 aliphatic rings. The van der Waals surface area contributed by atoms with Crippen molar-refractivity contribution in [3.05, 3.63) is 34.3 Å². The van der Waals surface area contributed by atoms with Crippen LogP contribution in [0.4, 0.5) is 0 Å². The fourth-order valence-corrected chi connectivity index (χ4v) is 2.22. The molecule has 0 unspecified atom stereocenters. The second-order valence-electron chi connectivity index (χ2n) is 3.90. The summed E-state index contributed by atoms with van der Waals surface area (Å²) < 4.78 is 6.82. The van der Waals surface area contributed by atoms with Crippen molar-refractivity contribution in [1.29, 1.82) is 0 Å². The Morgan fingerprint density at radius 1 is 1.40 bits per heavy atom. The van der Waals surface area contributed by atoms with E-state index in [-0.39, 0.29) is 0 Å². The average Bonchev–Trinajstić information content (AvgIpc) is 2.74. The number of ether oxygens (including phenoxy) is 1. The Labute approximate surface area is 99.1 Å². The molecule has 0 aromatic heterocycles. The van der Waals surface area contributed by atoms with Crippen molar-refractivity contribution in [2.24, 2.45) is 0 Å². The molecule has 2 nitrogen and oxygen atoms in total. The number of benzene rings is 1. The summed E-state index contributed by atoms with van der Waals surface area (Å²) in [6, 6.07) is 8.76. The number of halogens is 1. The SMILES string of the molecule is Brc1ccccc1COC[C@H]1CCCN1. The van der Waals surface area contributed by atoms with Crippen molar-refractivity contribution in [2.75, 3.05) is 13.2 Å². The second-order valence-corrected chi connectivity index (χ2v) is 4.75. The smallest absolute Gasteiger partial charge is 0.0728 e. The molecule has 1 aromatic rings. The minimum absolute atomic E-state index is 0.562. The lowest BCUT2D eigenvalue weighted by molar-refractivity contribution is 0.103. The number of hydrogen-bond acceptors (Lipinski definition) is 2. The van der Waals surface area contributed by atoms with Crippen LogP contribution in [0, 0.1) is 0 Å². The van der Waals surface area contributed by atoms with Crippen molar-refractivity contribution < 1.29 is 4.74 Å². The Morgan fingerprint density at radius 2 is 2.27 bits per heavy atom. The van der Waals surface area contributed by atoms with Gasteiger partial charge in [0.05, 0.1) is 13.2 Å². The summed E-state index contributed by atoms with van der Waals surface area (Å²) in [4.78, 5) is 0. The number of hydrogen-bond donors (Lipinski definition) is 1. The average molecular weight is 270 g/mol.